The molecule has 0 N–H and O–H groups in total. The highest BCUT2D eigenvalue weighted by Crippen LogP contribution is 2.45. The third-order valence-corrected chi connectivity index (χ3v) is 5.86. The van der Waals surface area contributed by atoms with Crippen LogP contribution in [-0.4, -0.2) is 16.6 Å². The van der Waals surface area contributed by atoms with Crippen LogP contribution < -0.4 is 0 Å². The van der Waals surface area contributed by atoms with Gasteiger partial charge < -0.3 is 4.42 Å². The van der Waals surface area contributed by atoms with Gasteiger partial charge in [0, 0.05) is 5.92 Å². The minimum Gasteiger partial charge on any atom is -0.459 e. The number of fused-ring (bicyclic) bond motifs is 1. The van der Waals surface area contributed by atoms with E-state index in [1.54, 1.807) is 36.4 Å². The fourth-order valence-corrected chi connectivity index (χ4v) is 4.43. The van der Waals surface area contributed by atoms with Crippen molar-refractivity contribution in [2.75, 3.05) is 0 Å². The van der Waals surface area contributed by atoms with E-state index in [-0.39, 0.29) is 35.3 Å². The molecule has 4 nitrogen and oxygen atoms in total. The largest absolute Gasteiger partial charge is 0.459 e. The first kappa shape index (κ1) is 19.4. The number of halogens is 2. The molecule has 0 saturated heterocycles. The maximum atomic E-state index is 13.6. The molecule has 0 radical (unpaired) electrons. The maximum Gasteiger partial charge on any atom is 0.310 e. The molecule has 5 rings (SSSR count). The lowest BCUT2D eigenvalue weighted by atomic mass is 9.77. The van der Waals surface area contributed by atoms with Crippen LogP contribution in [0.3, 0.4) is 0 Å². The van der Waals surface area contributed by atoms with Crippen molar-refractivity contribution in [3.05, 3.63) is 101 Å². The lowest BCUT2D eigenvalue weighted by Gasteiger charge is -2.29. The van der Waals surface area contributed by atoms with E-state index in [1.165, 1.54) is 35.5 Å². The number of amides is 1. The number of hydrazone groups is 1. The van der Waals surface area contributed by atoms with Gasteiger partial charge in [0.2, 0.25) is 0 Å². The van der Waals surface area contributed by atoms with Gasteiger partial charge in [-0.15, -0.1) is 0 Å². The average Bonchev–Trinajstić information content (AvgIpc) is 3.44. The maximum absolute atomic E-state index is 13.6. The molecule has 1 amide bonds. The van der Waals surface area contributed by atoms with E-state index >= 15 is 0 Å². The molecule has 31 heavy (non-hydrogen) atoms. The molecule has 1 fully saturated rings. The molecule has 0 unspecified atom stereocenters. The molecule has 6 heteroatoms. The molecular weight excluding hydrogens is 398 g/mol. The van der Waals surface area contributed by atoms with Crippen LogP contribution in [0.4, 0.5) is 8.78 Å². The number of hydrogen-bond acceptors (Lipinski definition) is 3. The van der Waals surface area contributed by atoms with Gasteiger partial charge in [-0.1, -0.05) is 24.3 Å². The average molecular weight is 418 g/mol. The summed E-state index contributed by atoms with van der Waals surface area (Å²) < 4.78 is 32.2. The Morgan fingerprint density at radius 2 is 1.74 bits per heavy atom. The first-order valence-electron chi connectivity index (χ1n) is 10.3. The van der Waals surface area contributed by atoms with Crippen LogP contribution in [-0.2, 0) is 0 Å². The summed E-state index contributed by atoms with van der Waals surface area (Å²) in [6.45, 7) is 0. The van der Waals surface area contributed by atoms with Crippen LogP contribution in [0.25, 0.3) is 6.08 Å². The first-order valence-corrected chi connectivity index (χ1v) is 10.3. The van der Waals surface area contributed by atoms with Crippen LogP contribution in [0, 0.1) is 17.6 Å². The van der Waals surface area contributed by atoms with Crippen molar-refractivity contribution in [1.82, 2.24) is 5.01 Å². The van der Waals surface area contributed by atoms with Crippen molar-refractivity contribution in [3.63, 3.8) is 0 Å². The fourth-order valence-electron chi connectivity index (χ4n) is 4.43. The predicted molar refractivity (Wildman–Crippen MR) is 113 cm³/mol. The number of rotatable bonds is 3. The van der Waals surface area contributed by atoms with Gasteiger partial charge in [-0.05, 0) is 78.4 Å². The molecule has 2 aliphatic rings. The van der Waals surface area contributed by atoms with E-state index in [0.717, 1.165) is 41.7 Å². The van der Waals surface area contributed by atoms with Gasteiger partial charge in [-0.25, -0.2) is 13.8 Å². The van der Waals surface area contributed by atoms with Crippen LogP contribution in [0.15, 0.2) is 82.0 Å². The van der Waals surface area contributed by atoms with Crippen LogP contribution in [0.1, 0.15) is 47.0 Å². The molecule has 0 bridgehead atoms. The minimum absolute atomic E-state index is 0.00942. The quantitative estimate of drug-likeness (QED) is 0.524. The molecule has 1 saturated carbocycles. The third-order valence-electron chi connectivity index (χ3n) is 5.86. The predicted octanol–water partition coefficient (Wildman–Crippen LogP) is 5.99. The lowest BCUT2D eigenvalue weighted by Crippen LogP contribution is -2.31. The number of furan rings is 1. The van der Waals surface area contributed by atoms with Gasteiger partial charge in [0.1, 0.15) is 11.6 Å². The zero-order valence-electron chi connectivity index (χ0n) is 16.7. The summed E-state index contributed by atoms with van der Waals surface area (Å²) in [6.07, 6.45) is 6.09. The van der Waals surface area contributed by atoms with Gasteiger partial charge in [0.05, 0.1) is 18.0 Å². The molecule has 1 aromatic heterocycles. The number of allylic oxidation sites excluding steroid dienone is 1. The van der Waals surface area contributed by atoms with E-state index in [4.69, 9.17) is 9.52 Å². The Morgan fingerprint density at radius 3 is 2.42 bits per heavy atom. The molecule has 0 spiro atoms. The second-order valence-electron chi connectivity index (χ2n) is 7.83. The molecule has 2 heterocycles. The minimum atomic E-state index is -0.342. The Bertz CT molecular complexity index is 1150. The van der Waals surface area contributed by atoms with E-state index in [1.807, 2.05) is 6.08 Å². The molecule has 1 aliphatic carbocycles. The highest BCUT2D eigenvalue weighted by molar-refractivity contribution is 6.08. The molecular formula is C25H20F2N2O2. The number of benzene rings is 2. The summed E-state index contributed by atoms with van der Waals surface area (Å²) >= 11 is 0. The molecule has 156 valence electrons. The van der Waals surface area contributed by atoms with Crippen molar-refractivity contribution < 1.29 is 18.0 Å². The zero-order valence-corrected chi connectivity index (χ0v) is 16.7. The Kier molecular flexibility index (Phi) is 4.98. The number of carbonyl (C=O) groups is 1. The highest BCUT2D eigenvalue weighted by atomic mass is 19.1. The van der Waals surface area contributed by atoms with Gasteiger partial charge in [0.25, 0.3) is 0 Å². The fraction of sp³-hybridized carbons (Fsp3) is 0.200. The lowest BCUT2D eigenvalue weighted by molar-refractivity contribution is 0.0648. The summed E-state index contributed by atoms with van der Waals surface area (Å²) in [5.74, 6) is -0.743. The Balaban J connectivity index is 1.57. The smallest absolute Gasteiger partial charge is 0.310 e. The van der Waals surface area contributed by atoms with Crippen molar-refractivity contribution in [2.45, 2.75) is 25.3 Å². The summed E-state index contributed by atoms with van der Waals surface area (Å²) in [7, 11) is 0. The SMILES string of the molecule is O=C(c1ccco1)N1N=C2/C(=C/c3ccc(F)cc3)CCC[C@@H]2[C@@H]1c1ccc(F)cc1. The van der Waals surface area contributed by atoms with E-state index < -0.39 is 0 Å². The van der Waals surface area contributed by atoms with Crippen molar-refractivity contribution in [2.24, 2.45) is 11.0 Å². The molecule has 3 aromatic rings. The highest BCUT2D eigenvalue weighted by Gasteiger charge is 2.44. The van der Waals surface area contributed by atoms with Crippen LogP contribution >= 0.6 is 0 Å². The monoisotopic (exact) mass is 418 g/mol. The van der Waals surface area contributed by atoms with Gasteiger partial charge in [-0.3, -0.25) is 4.79 Å². The van der Waals surface area contributed by atoms with E-state index in [0.29, 0.717) is 0 Å². The normalized spacial score (nSPS) is 21.8. The first-order chi connectivity index (χ1) is 15.1. The third kappa shape index (κ3) is 3.69. The summed E-state index contributed by atoms with van der Waals surface area (Å²) in [6, 6.07) is 15.5. The van der Waals surface area contributed by atoms with Crippen molar-refractivity contribution in [3.8, 4) is 0 Å². The van der Waals surface area contributed by atoms with E-state index in [9.17, 15) is 13.6 Å². The topological polar surface area (TPSA) is 45.8 Å². The van der Waals surface area contributed by atoms with Crippen molar-refractivity contribution >= 4 is 17.7 Å². The standard InChI is InChI=1S/C25H20F2N2O2/c26-19-10-6-16(7-11-19)15-18-3-1-4-21-23(18)28-29(25(30)22-5-2-14-31-22)24(21)17-8-12-20(27)13-9-17/h2,5-15,21,24H,1,3-4H2/b18-15+/t21-,24-/m0/s1. The van der Waals surface area contributed by atoms with Gasteiger partial charge in [0.15, 0.2) is 5.76 Å². The van der Waals surface area contributed by atoms with Crippen LogP contribution in [0.2, 0.25) is 0 Å². The Labute approximate surface area is 178 Å². The molecule has 2 atom stereocenters. The Hall–Kier alpha value is -3.54. The van der Waals surface area contributed by atoms with Gasteiger partial charge in [-0.2, -0.15) is 5.10 Å². The van der Waals surface area contributed by atoms with Crippen molar-refractivity contribution in [1.29, 1.82) is 0 Å². The number of carbonyl (C=O) groups excluding carboxylic acids is 1. The number of nitrogens with zero attached hydrogens (tertiary/aromatic N) is 2. The van der Waals surface area contributed by atoms with Crippen LogP contribution in [0.5, 0.6) is 0 Å². The van der Waals surface area contributed by atoms with Gasteiger partial charge >= 0.3 is 5.91 Å². The van der Waals surface area contributed by atoms with E-state index in [2.05, 4.69) is 0 Å². The zero-order chi connectivity index (χ0) is 21.4. The molecule has 1 aliphatic heterocycles. The second-order valence-corrected chi connectivity index (χ2v) is 7.83. The second kappa shape index (κ2) is 7.95. The molecule has 2 aromatic carbocycles. The summed E-state index contributed by atoms with van der Waals surface area (Å²) in [5.41, 5.74) is 3.59. The number of hydrogen-bond donors (Lipinski definition) is 0. The summed E-state index contributed by atoms with van der Waals surface area (Å²) in [5, 5.41) is 6.21. The summed E-state index contributed by atoms with van der Waals surface area (Å²) in [4.78, 5) is 13.2. The Morgan fingerprint density at radius 1 is 1.03 bits per heavy atom.